The van der Waals surface area contributed by atoms with Crippen molar-refractivity contribution in [2.75, 3.05) is 0 Å². The topological polar surface area (TPSA) is 20.2 Å². The largest absolute Gasteiger partial charge is 0.414 e. The zero-order valence-corrected chi connectivity index (χ0v) is 8.94. The molecule has 84 valence electrons. The van der Waals surface area contributed by atoms with Gasteiger partial charge in [-0.2, -0.15) is 13.2 Å². The molecule has 0 amide bonds. The number of aliphatic hydroxyl groups excluding tert-OH is 1. The highest BCUT2D eigenvalue weighted by molar-refractivity contribution is 9.10. The van der Waals surface area contributed by atoms with Crippen LogP contribution >= 0.6 is 15.9 Å². The number of rotatable bonds is 2. The van der Waals surface area contributed by atoms with E-state index in [9.17, 15) is 17.6 Å². The minimum Gasteiger partial charge on any atom is -0.383 e. The highest BCUT2D eigenvalue weighted by Crippen LogP contribution is 2.25. The summed E-state index contributed by atoms with van der Waals surface area (Å²) in [6.45, 7) is 0. The van der Waals surface area contributed by atoms with E-state index in [0.29, 0.717) is 4.47 Å². The van der Waals surface area contributed by atoms with Crippen molar-refractivity contribution in [2.24, 2.45) is 0 Å². The lowest BCUT2D eigenvalue weighted by molar-refractivity contribution is -0.203. The van der Waals surface area contributed by atoms with Gasteiger partial charge in [0.1, 0.15) is 5.82 Å². The summed E-state index contributed by atoms with van der Waals surface area (Å²) >= 11 is 3.01. The van der Waals surface area contributed by atoms with Crippen molar-refractivity contribution in [3.8, 4) is 0 Å². The zero-order valence-electron chi connectivity index (χ0n) is 7.35. The van der Waals surface area contributed by atoms with Gasteiger partial charge >= 0.3 is 6.18 Å². The lowest BCUT2D eigenvalue weighted by atomic mass is 10.1. The first-order chi connectivity index (χ1) is 6.80. The number of alkyl halides is 3. The van der Waals surface area contributed by atoms with Crippen LogP contribution in [0.25, 0.3) is 0 Å². The fourth-order valence-corrected chi connectivity index (χ4v) is 1.43. The molecule has 0 aliphatic carbocycles. The standard InChI is InChI=1S/C9H7BrF4O/c10-6-1-2-7(11)5(3-6)4-8(15)9(12,13)14/h1-3,8,15H,4H2/t8-/m1/s1. The summed E-state index contributed by atoms with van der Waals surface area (Å²) in [6.07, 6.45) is -8.05. The quantitative estimate of drug-likeness (QED) is 0.829. The lowest BCUT2D eigenvalue weighted by Gasteiger charge is -2.14. The molecule has 0 spiro atoms. The van der Waals surface area contributed by atoms with Gasteiger partial charge in [0.15, 0.2) is 6.10 Å². The van der Waals surface area contributed by atoms with Crippen LogP contribution < -0.4 is 0 Å². The molecule has 6 heteroatoms. The molecule has 0 aliphatic rings. The second kappa shape index (κ2) is 4.49. The van der Waals surface area contributed by atoms with E-state index in [1.807, 2.05) is 0 Å². The molecule has 0 bridgehead atoms. The SMILES string of the molecule is O[C@H](Cc1cc(Br)ccc1F)C(F)(F)F. The molecule has 0 radical (unpaired) electrons. The first-order valence-corrected chi connectivity index (χ1v) is 4.78. The average Bonchev–Trinajstić information content (AvgIpc) is 2.09. The molecule has 0 heterocycles. The summed E-state index contributed by atoms with van der Waals surface area (Å²) in [6, 6.07) is 3.63. The third kappa shape index (κ3) is 3.46. The van der Waals surface area contributed by atoms with Gasteiger partial charge in [-0.1, -0.05) is 15.9 Å². The number of aliphatic hydroxyl groups is 1. The molecular weight excluding hydrogens is 280 g/mol. The fraction of sp³-hybridized carbons (Fsp3) is 0.333. The van der Waals surface area contributed by atoms with Crippen molar-refractivity contribution in [2.45, 2.75) is 18.7 Å². The Morgan fingerprint density at radius 1 is 1.33 bits per heavy atom. The van der Waals surface area contributed by atoms with Crippen molar-refractivity contribution in [1.82, 2.24) is 0 Å². The van der Waals surface area contributed by atoms with Crippen LogP contribution in [0, 0.1) is 5.82 Å². The summed E-state index contributed by atoms with van der Waals surface area (Å²) < 4.78 is 49.4. The van der Waals surface area contributed by atoms with Crippen molar-refractivity contribution < 1.29 is 22.7 Å². The molecule has 1 N–H and O–H groups in total. The summed E-state index contributed by atoms with van der Waals surface area (Å²) in [5.74, 6) is -0.762. The van der Waals surface area contributed by atoms with Gasteiger partial charge in [0.05, 0.1) is 0 Å². The Labute approximate surface area is 91.9 Å². The van der Waals surface area contributed by atoms with E-state index in [0.717, 1.165) is 6.07 Å². The van der Waals surface area contributed by atoms with E-state index >= 15 is 0 Å². The van der Waals surface area contributed by atoms with Gasteiger partial charge in [-0.25, -0.2) is 4.39 Å². The summed E-state index contributed by atoms with van der Waals surface area (Å²) in [5, 5.41) is 8.75. The summed E-state index contributed by atoms with van der Waals surface area (Å²) in [7, 11) is 0. The van der Waals surface area contributed by atoms with Crippen LogP contribution in [0.4, 0.5) is 17.6 Å². The average molecular weight is 287 g/mol. The monoisotopic (exact) mass is 286 g/mol. The smallest absolute Gasteiger partial charge is 0.383 e. The van der Waals surface area contributed by atoms with Gasteiger partial charge < -0.3 is 5.11 Å². The van der Waals surface area contributed by atoms with Crippen LogP contribution in [0.5, 0.6) is 0 Å². The summed E-state index contributed by atoms with van der Waals surface area (Å²) in [4.78, 5) is 0. The Bertz CT molecular complexity index is 350. The first kappa shape index (κ1) is 12.4. The predicted octanol–water partition coefficient (Wildman–Crippen LogP) is 3.05. The molecule has 0 unspecified atom stereocenters. The van der Waals surface area contributed by atoms with E-state index < -0.39 is 24.5 Å². The Balaban J connectivity index is 2.85. The normalized spacial score (nSPS) is 14.0. The third-order valence-electron chi connectivity index (χ3n) is 1.80. The van der Waals surface area contributed by atoms with Gasteiger partial charge in [-0.15, -0.1) is 0 Å². The maximum absolute atomic E-state index is 13.0. The van der Waals surface area contributed by atoms with Crippen LogP contribution in [0.2, 0.25) is 0 Å². The molecule has 0 aliphatic heterocycles. The van der Waals surface area contributed by atoms with Gasteiger partial charge in [0.25, 0.3) is 0 Å². The lowest BCUT2D eigenvalue weighted by Crippen LogP contribution is -2.30. The van der Waals surface area contributed by atoms with Gasteiger partial charge in [-0.3, -0.25) is 0 Å². The molecule has 0 aromatic heterocycles. The van der Waals surface area contributed by atoms with Gasteiger partial charge in [-0.05, 0) is 23.8 Å². The van der Waals surface area contributed by atoms with Crippen molar-refractivity contribution >= 4 is 15.9 Å². The summed E-state index contributed by atoms with van der Waals surface area (Å²) in [5.41, 5.74) is -0.172. The third-order valence-corrected chi connectivity index (χ3v) is 2.29. The Kier molecular flexibility index (Phi) is 3.72. The molecule has 1 aromatic carbocycles. The molecule has 1 atom stereocenters. The zero-order chi connectivity index (χ0) is 11.6. The highest BCUT2D eigenvalue weighted by Gasteiger charge is 2.38. The van der Waals surface area contributed by atoms with Crippen LogP contribution in [0.1, 0.15) is 5.56 Å². The number of hydrogen-bond donors (Lipinski definition) is 1. The number of halogens is 5. The minimum atomic E-state index is -4.73. The van der Waals surface area contributed by atoms with E-state index in [2.05, 4.69) is 15.9 Å². The van der Waals surface area contributed by atoms with E-state index in [4.69, 9.17) is 5.11 Å². The van der Waals surface area contributed by atoms with E-state index in [-0.39, 0.29) is 5.56 Å². The fourth-order valence-electron chi connectivity index (χ4n) is 1.02. The van der Waals surface area contributed by atoms with Crippen molar-refractivity contribution in [1.29, 1.82) is 0 Å². The first-order valence-electron chi connectivity index (χ1n) is 3.99. The molecule has 0 fully saturated rings. The maximum atomic E-state index is 13.0. The minimum absolute atomic E-state index is 0.172. The molecule has 0 saturated heterocycles. The molecule has 1 rings (SSSR count). The van der Waals surface area contributed by atoms with Crippen molar-refractivity contribution in [3.63, 3.8) is 0 Å². The second-order valence-electron chi connectivity index (χ2n) is 3.00. The maximum Gasteiger partial charge on any atom is 0.414 e. The van der Waals surface area contributed by atoms with Crippen LogP contribution in [0.15, 0.2) is 22.7 Å². The highest BCUT2D eigenvalue weighted by atomic mass is 79.9. The van der Waals surface area contributed by atoms with Crippen LogP contribution in [-0.4, -0.2) is 17.4 Å². The van der Waals surface area contributed by atoms with Crippen molar-refractivity contribution in [3.05, 3.63) is 34.1 Å². The van der Waals surface area contributed by atoms with Crippen LogP contribution in [-0.2, 0) is 6.42 Å². The number of benzene rings is 1. The molecular formula is C9H7BrF4O. The van der Waals surface area contributed by atoms with Gasteiger partial charge in [0, 0.05) is 10.9 Å². The molecule has 15 heavy (non-hydrogen) atoms. The van der Waals surface area contributed by atoms with E-state index in [1.165, 1.54) is 12.1 Å². The molecule has 1 aromatic rings. The molecule has 0 saturated carbocycles. The second-order valence-corrected chi connectivity index (χ2v) is 3.91. The van der Waals surface area contributed by atoms with Gasteiger partial charge in [0.2, 0.25) is 0 Å². The van der Waals surface area contributed by atoms with E-state index in [1.54, 1.807) is 0 Å². The number of hydrogen-bond acceptors (Lipinski definition) is 1. The Morgan fingerprint density at radius 2 is 1.93 bits per heavy atom. The predicted molar refractivity (Wildman–Crippen MR) is 49.9 cm³/mol. The molecule has 1 nitrogen and oxygen atoms in total. The Morgan fingerprint density at radius 3 is 2.47 bits per heavy atom. The Hall–Kier alpha value is -0.620. The van der Waals surface area contributed by atoms with Crippen LogP contribution in [0.3, 0.4) is 0 Å².